The first-order chi connectivity index (χ1) is 8.08. The van der Waals surface area contributed by atoms with Gasteiger partial charge in [0.05, 0.1) is 0 Å². The number of rotatable bonds is 3. The maximum atomic E-state index is 12.8. The maximum absolute atomic E-state index is 12.8. The first kappa shape index (κ1) is 11.6. The molecule has 0 aliphatic rings. The number of carbonyl (C=O) groups is 1. The largest absolute Gasteiger partial charge is 0.347 e. The van der Waals surface area contributed by atoms with Crippen molar-refractivity contribution < 1.29 is 9.18 Å². The van der Waals surface area contributed by atoms with Crippen LogP contribution in [0.25, 0.3) is 0 Å². The van der Waals surface area contributed by atoms with Gasteiger partial charge in [-0.1, -0.05) is 12.1 Å². The van der Waals surface area contributed by atoms with Crippen LogP contribution in [0.2, 0.25) is 0 Å². The third kappa shape index (κ3) is 2.44. The topological polar surface area (TPSA) is 22.0 Å². The number of halogens is 1. The second kappa shape index (κ2) is 4.53. The molecule has 0 spiro atoms. The molecular weight excluding hydrogens is 217 g/mol. The Balaban J connectivity index is 2.24. The van der Waals surface area contributed by atoms with Crippen molar-refractivity contribution in [1.82, 2.24) is 4.57 Å². The molecule has 2 rings (SSSR count). The highest BCUT2D eigenvalue weighted by Gasteiger charge is 2.08. The van der Waals surface area contributed by atoms with Crippen LogP contribution in [0.1, 0.15) is 28.5 Å². The highest BCUT2D eigenvalue weighted by Crippen LogP contribution is 2.13. The van der Waals surface area contributed by atoms with Crippen LogP contribution in [0.3, 0.4) is 0 Å². The highest BCUT2D eigenvalue weighted by molar-refractivity contribution is 5.95. The number of aromatic nitrogens is 1. The van der Waals surface area contributed by atoms with Gasteiger partial charge in [0, 0.05) is 24.0 Å². The first-order valence-corrected chi connectivity index (χ1v) is 5.49. The van der Waals surface area contributed by atoms with Crippen molar-refractivity contribution in [3.63, 3.8) is 0 Å². The Morgan fingerprint density at radius 2 is 1.88 bits per heavy atom. The lowest BCUT2D eigenvalue weighted by molar-refractivity contribution is 0.101. The van der Waals surface area contributed by atoms with Gasteiger partial charge in [0.15, 0.2) is 5.78 Å². The fourth-order valence-electron chi connectivity index (χ4n) is 1.88. The van der Waals surface area contributed by atoms with Crippen molar-refractivity contribution in [3.05, 3.63) is 59.2 Å². The van der Waals surface area contributed by atoms with Gasteiger partial charge in [-0.25, -0.2) is 4.39 Å². The molecule has 0 atom stereocenters. The highest BCUT2D eigenvalue weighted by atomic mass is 19.1. The van der Waals surface area contributed by atoms with Gasteiger partial charge in [0.1, 0.15) is 5.82 Å². The molecule has 1 heterocycles. The Kier molecular flexibility index (Phi) is 3.09. The molecular formula is C14H14FNO. The summed E-state index contributed by atoms with van der Waals surface area (Å²) in [6.45, 7) is 4.13. The van der Waals surface area contributed by atoms with E-state index in [-0.39, 0.29) is 11.6 Å². The fraction of sp³-hybridized carbons (Fsp3) is 0.214. The molecule has 0 radical (unpaired) electrons. The van der Waals surface area contributed by atoms with Crippen molar-refractivity contribution in [2.24, 2.45) is 0 Å². The number of ketones is 1. The van der Waals surface area contributed by atoms with Crippen LogP contribution < -0.4 is 0 Å². The minimum atomic E-state index is -0.234. The number of nitrogens with zero attached hydrogens (tertiary/aromatic N) is 1. The van der Waals surface area contributed by atoms with Crippen LogP contribution in [0.5, 0.6) is 0 Å². The van der Waals surface area contributed by atoms with E-state index in [0.29, 0.717) is 6.54 Å². The lowest BCUT2D eigenvalue weighted by atomic mass is 10.2. The summed E-state index contributed by atoms with van der Waals surface area (Å²) in [5, 5.41) is 0. The van der Waals surface area contributed by atoms with Crippen molar-refractivity contribution in [2.45, 2.75) is 20.4 Å². The van der Waals surface area contributed by atoms with E-state index in [4.69, 9.17) is 0 Å². The molecule has 0 bridgehead atoms. The van der Waals surface area contributed by atoms with Crippen molar-refractivity contribution >= 4 is 5.78 Å². The van der Waals surface area contributed by atoms with Gasteiger partial charge in [-0.15, -0.1) is 0 Å². The number of hydrogen-bond donors (Lipinski definition) is 0. The van der Waals surface area contributed by atoms with E-state index < -0.39 is 0 Å². The second-order valence-corrected chi connectivity index (χ2v) is 4.13. The Morgan fingerprint density at radius 3 is 2.41 bits per heavy atom. The van der Waals surface area contributed by atoms with E-state index in [1.165, 1.54) is 12.1 Å². The maximum Gasteiger partial charge on any atom is 0.161 e. The average molecular weight is 231 g/mol. The summed E-state index contributed by atoms with van der Waals surface area (Å²) in [7, 11) is 0. The molecule has 1 aromatic carbocycles. The molecule has 2 nitrogen and oxygen atoms in total. The van der Waals surface area contributed by atoms with Gasteiger partial charge in [-0.3, -0.25) is 4.79 Å². The summed E-state index contributed by atoms with van der Waals surface area (Å²) in [6, 6.07) is 8.21. The van der Waals surface area contributed by atoms with Crippen LogP contribution in [0, 0.1) is 12.7 Å². The van der Waals surface area contributed by atoms with Gasteiger partial charge in [-0.2, -0.15) is 0 Å². The Labute approximate surface area is 99.7 Å². The monoisotopic (exact) mass is 231 g/mol. The molecule has 0 saturated heterocycles. The molecule has 0 N–H and O–H groups in total. The molecule has 3 heteroatoms. The Hall–Kier alpha value is -1.90. The normalized spacial score (nSPS) is 10.5. The van der Waals surface area contributed by atoms with Crippen LogP contribution in [-0.4, -0.2) is 10.4 Å². The van der Waals surface area contributed by atoms with Gasteiger partial charge < -0.3 is 4.57 Å². The first-order valence-electron chi connectivity index (χ1n) is 5.49. The van der Waals surface area contributed by atoms with E-state index in [1.54, 1.807) is 19.1 Å². The molecule has 0 amide bonds. The molecule has 17 heavy (non-hydrogen) atoms. The van der Waals surface area contributed by atoms with Crippen LogP contribution >= 0.6 is 0 Å². The second-order valence-electron chi connectivity index (χ2n) is 4.13. The summed E-state index contributed by atoms with van der Waals surface area (Å²) in [5.41, 5.74) is 2.70. The molecule has 1 aromatic heterocycles. The zero-order chi connectivity index (χ0) is 12.4. The van der Waals surface area contributed by atoms with Gasteiger partial charge in [-0.05, 0) is 37.6 Å². The minimum Gasteiger partial charge on any atom is -0.347 e. The molecule has 0 saturated carbocycles. The van der Waals surface area contributed by atoms with E-state index in [0.717, 1.165) is 16.8 Å². The van der Waals surface area contributed by atoms with Gasteiger partial charge >= 0.3 is 0 Å². The molecule has 0 unspecified atom stereocenters. The van der Waals surface area contributed by atoms with Crippen LogP contribution in [-0.2, 0) is 6.54 Å². The number of Topliss-reactive ketones (excluding diaryl/α,β-unsaturated/α-hetero) is 1. The third-order valence-corrected chi connectivity index (χ3v) is 2.89. The molecule has 0 aliphatic heterocycles. The predicted octanol–water partition coefficient (Wildman–Crippen LogP) is 3.19. The predicted molar refractivity (Wildman–Crippen MR) is 64.7 cm³/mol. The number of carbonyl (C=O) groups excluding carboxylic acids is 1. The summed E-state index contributed by atoms with van der Waals surface area (Å²) in [5.74, 6) is -0.164. The van der Waals surface area contributed by atoms with Gasteiger partial charge in [0.25, 0.3) is 0 Å². The molecule has 88 valence electrons. The van der Waals surface area contributed by atoms with E-state index >= 15 is 0 Å². The summed E-state index contributed by atoms with van der Waals surface area (Å²) in [6.07, 6.45) is 1.88. The molecule has 2 aromatic rings. The quantitative estimate of drug-likeness (QED) is 0.743. The van der Waals surface area contributed by atoms with E-state index in [9.17, 15) is 9.18 Å². The number of hydrogen-bond acceptors (Lipinski definition) is 1. The zero-order valence-corrected chi connectivity index (χ0v) is 9.90. The summed E-state index contributed by atoms with van der Waals surface area (Å²) >= 11 is 0. The lowest BCUT2D eigenvalue weighted by Gasteiger charge is -2.07. The Bertz CT molecular complexity index is 540. The standard InChI is InChI=1S/C14H14FNO/c1-10-14(11(2)17)7-8-16(10)9-12-3-5-13(15)6-4-12/h3-8H,9H2,1-2H3. The lowest BCUT2D eigenvalue weighted by Crippen LogP contribution is -2.02. The van der Waals surface area contributed by atoms with Gasteiger partial charge in [0.2, 0.25) is 0 Å². The van der Waals surface area contributed by atoms with E-state index in [1.807, 2.05) is 23.8 Å². The smallest absolute Gasteiger partial charge is 0.161 e. The van der Waals surface area contributed by atoms with Crippen molar-refractivity contribution in [1.29, 1.82) is 0 Å². The fourth-order valence-corrected chi connectivity index (χ4v) is 1.88. The minimum absolute atomic E-state index is 0.0698. The SMILES string of the molecule is CC(=O)c1ccn(Cc2ccc(F)cc2)c1C. The Morgan fingerprint density at radius 1 is 1.24 bits per heavy atom. The van der Waals surface area contributed by atoms with Crippen LogP contribution in [0.15, 0.2) is 36.5 Å². The van der Waals surface area contributed by atoms with E-state index in [2.05, 4.69) is 0 Å². The van der Waals surface area contributed by atoms with Crippen LogP contribution in [0.4, 0.5) is 4.39 Å². The average Bonchev–Trinajstić information content (AvgIpc) is 2.64. The zero-order valence-electron chi connectivity index (χ0n) is 9.90. The number of benzene rings is 1. The molecule has 0 aliphatic carbocycles. The summed E-state index contributed by atoms with van der Waals surface area (Å²) in [4.78, 5) is 11.3. The summed E-state index contributed by atoms with van der Waals surface area (Å²) < 4.78 is 14.8. The third-order valence-electron chi connectivity index (χ3n) is 2.89. The van der Waals surface area contributed by atoms with Crippen molar-refractivity contribution in [2.75, 3.05) is 0 Å². The molecule has 0 fully saturated rings. The van der Waals surface area contributed by atoms with Crippen molar-refractivity contribution in [3.8, 4) is 0 Å².